The van der Waals surface area contributed by atoms with Gasteiger partial charge in [-0.3, -0.25) is 14.5 Å². The van der Waals surface area contributed by atoms with E-state index in [0.29, 0.717) is 31.9 Å². The maximum Gasteiger partial charge on any atom is 0.260 e. The van der Waals surface area contributed by atoms with Gasteiger partial charge in [-0.15, -0.1) is 0 Å². The minimum atomic E-state index is -0.331. The summed E-state index contributed by atoms with van der Waals surface area (Å²) in [5, 5.41) is 0. The van der Waals surface area contributed by atoms with Gasteiger partial charge >= 0.3 is 0 Å². The van der Waals surface area contributed by atoms with Crippen LogP contribution in [0.1, 0.15) is 12.5 Å². The van der Waals surface area contributed by atoms with Gasteiger partial charge in [0.05, 0.1) is 6.04 Å². The minimum absolute atomic E-state index is 0.0344. The lowest BCUT2D eigenvalue weighted by Gasteiger charge is -2.36. The highest BCUT2D eigenvalue weighted by Crippen LogP contribution is 2.13. The lowest BCUT2D eigenvalue weighted by Crippen LogP contribution is -2.54. The standard InChI is InChI=1S/C16H23N3O3/c1-12-4-3-5-14(10-12)22-11-15(20)19-8-6-18(7-9-19)13(2)16(17)21/h3-5,10,13H,6-9,11H2,1-2H3,(H2,17,21). The fourth-order valence-electron chi connectivity index (χ4n) is 2.48. The highest BCUT2D eigenvalue weighted by atomic mass is 16.5. The van der Waals surface area contributed by atoms with Crippen LogP contribution < -0.4 is 10.5 Å². The molecule has 2 rings (SSSR count). The Hall–Kier alpha value is -2.08. The van der Waals surface area contributed by atoms with Crippen molar-refractivity contribution in [1.29, 1.82) is 0 Å². The van der Waals surface area contributed by atoms with Gasteiger partial charge in [-0.2, -0.15) is 0 Å². The quantitative estimate of drug-likeness (QED) is 0.854. The molecule has 2 amide bonds. The molecule has 1 fully saturated rings. The number of hydrogen-bond acceptors (Lipinski definition) is 4. The molecule has 1 aromatic carbocycles. The molecule has 1 saturated heterocycles. The molecule has 1 unspecified atom stereocenters. The molecule has 1 aromatic rings. The van der Waals surface area contributed by atoms with Gasteiger partial charge in [-0.25, -0.2) is 0 Å². The topological polar surface area (TPSA) is 75.9 Å². The molecule has 6 heteroatoms. The Morgan fingerprint density at radius 2 is 1.95 bits per heavy atom. The first-order valence-electron chi connectivity index (χ1n) is 7.48. The summed E-state index contributed by atoms with van der Waals surface area (Å²) in [6.45, 7) is 6.30. The van der Waals surface area contributed by atoms with Crippen molar-refractivity contribution in [2.45, 2.75) is 19.9 Å². The fourth-order valence-corrected chi connectivity index (χ4v) is 2.48. The molecule has 0 saturated carbocycles. The Morgan fingerprint density at radius 3 is 2.55 bits per heavy atom. The molecule has 0 aliphatic carbocycles. The van der Waals surface area contributed by atoms with Crippen LogP contribution in [0.4, 0.5) is 0 Å². The average Bonchev–Trinajstić information content (AvgIpc) is 2.52. The van der Waals surface area contributed by atoms with Crippen molar-refractivity contribution in [3.05, 3.63) is 29.8 Å². The van der Waals surface area contributed by atoms with E-state index in [1.165, 1.54) is 0 Å². The van der Waals surface area contributed by atoms with Crippen LogP contribution in [0, 0.1) is 6.92 Å². The fraction of sp³-hybridized carbons (Fsp3) is 0.500. The van der Waals surface area contributed by atoms with Crippen LogP contribution in [0.2, 0.25) is 0 Å². The Labute approximate surface area is 130 Å². The first-order valence-corrected chi connectivity index (χ1v) is 7.48. The summed E-state index contributed by atoms with van der Waals surface area (Å²) in [5.74, 6) is 0.338. The number of ether oxygens (including phenoxy) is 1. The van der Waals surface area contributed by atoms with E-state index in [0.717, 1.165) is 5.56 Å². The van der Waals surface area contributed by atoms with Crippen LogP contribution in [0.3, 0.4) is 0 Å². The Bertz CT molecular complexity index is 539. The summed E-state index contributed by atoms with van der Waals surface area (Å²) in [6, 6.07) is 7.33. The minimum Gasteiger partial charge on any atom is -0.484 e. The van der Waals surface area contributed by atoms with Crippen LogP contribution in [0.15, 0.2) is 24.3 Å². The van der Waals surface area contributed by atoms with Crippen molar-refractivity contribution in [3.63, 3.8) is 0 Å². The number of carbonyl (C=O) groups excluding carboxylic acids is 2. The van der Waals surface area contributed by atoms with Gasteiger partial charge in [-0.05, 0) is 31.5 Å². The predicted molar refractivity (Wildman–Crippen MR) is 83.5 cm³/mol. The summed E-state index contributed by atoms with van der Waals surface area (Å²) in [5.41, 5.74) is 6.40. The van der Waals surface area contributed by atoms with E-state index >= 15 is 0 Å². The normalized spacial score (nSPS) is 17.1. The monoisotopic (exact) mass is 305 g/mol. The number of nitrogens with two attached hydrogens (primary N) is 1. The number of amides is 2. The maximum atomic E-state index is 12.2. The Morgan fingerprint density at radius 1 is 1.27 bits per heavy atom. The van der Waals surface area contributed by atoms with Crippen LogP contribution in [-0.4, -0.2) is 60.4 Å². The number of benzene rings is 1. The number of aryl methyl sites for hydroxylation is 1. The second kappa shape index (κ2) is 7.26. The zero-order chi connectivity index (χ0) is 16.1. The highest BCUT2D eigenvalue weighted by Gasteiger charge is 2.26. The van der Waals surface area contributed by atoms with Crippen molar-refractivity contribution in [1.82, 2.24) is 9.80 Å². The molecular weight excluding hydrogens is 282 g/mol. The number of hydrogen-bond donors (Lipinski definition) is 1. The largest absolute Gasteiger partial charge is 0.484 e. The van der Waals surface area contributed by atoms with Gasteiger partial charge in [0.2, 0.25) is 5.91 Å². The van der Waals surface area contributed by atoms with Gasteiger partial charge < -0.3 is 15.4 Å². The molecule has 0 aromatic heterocycles. The molecule has 1 aliphatic rings. The Balaban J connectivity index is 1.79. The van der Waals surface area contributed by atoms with Crippen LogP contribution in [0.25, 0.3) is 0 Å². The zero-order valence-electron chi connectivity index (χ0n) is 13.1. The SMILES string of the molecule is Cc1cccc(OCC(=O)N2CCN(C(C)C(N)=O)CC2)c1. The van der Waals surface area contributed by atoms with E-state index in [9.17, 15) is 9.59 Å². The third-order valence-electron chi connectivity index (χ3n) is 3.98. The molecule has 120 valence electrons. The van der Waals surface area contributed by atoms with Crippen LogP contribution >= 0.6 is 0 Å². The number of primary amides is 1. The highest BCUT2D eigenvalue weighted by molar-refractivity contribution is 5.80. The summed E-state index contributed by atoms with van der Waals surface area (Å²) in [6.07, 6.45) is 0. The maximum absolute atomic E-state index is 12.2. The Kier molecular flexibility index (Phi) is 5.38. The zero-order valence-corrected chi connectivity index (χ0v) is 13.1. The number of carbonyl (C=O) groups is 2. The molecule has 0 bridgehead atoms. The summed E-state index contributed by atoms with van der Waals surface area (Å²) < 4.78 is 5.54. The second-order valence-electron chi connectivity index (χ2n) is 5.60. The van der Waals surface area contributed by atoms with Crippen LogP contribution in [0.5, 0.6) is 5.75 Å². The van der Waals surface area contributed by atoms with Crippen LogP contribution in [-0.2, 0) is 9.59 Å². The number of piperazine rings is 1. The summed E-state index contributed by atoms with van der Waals surface area (Å²) in [7, 11) is 0. The predicted octanol–water partition coefficient (Wildman–Crippen LogP) is 0.392. The third kappa shape index (κ3) is 4.21. The van der Waals surface area contributed by atoms with Crippen molar-refractivity contribution in [2.75, 3.05) is 32.8 Å². The van der Waals surface area contributed by atoms with Crippen molar-refractivity contribution in [2.24, 2.45) is 5.73 Å². The molecule has 0 spiro atoms. The third-order valence-corrected chi connectivity index (χ3v) is 3.98. The van der Waals surface area contributed by atoms with Gasteiger partial charge in [-0.1, -0.05) is 12.1 Å². The van der Waals surface area contributed by atoms with E-state index in [2.05, 4.69) is 0 Å². The molecule has 6 nitrogen and oxygen atoms in total. The summed E-state index contributed by atoms with van der Waals surface area (Å²) in [4.78, 5) is 27.1. The molecule has 1 heterocycles. The van der Waals surface area contributed by atoms with E-state index in [-0.39, 0.29) is 24.5 Å². The van der Waals surface area contributed by atoms with E-state index in [1.807, 2.05) is 36.1 Å². The molecule has 1 aliphatic heterocycles. The van der Waals surface area contributed by atoms with Crippen molar-refractivity contribution < 1.29 is 14.3 Å². The molecule has 0 radical (unpaired) electrons. The van der Waals surface area contributed by atoms with Gasteiger partial charge in [0.25, 0.3) is 5.91 Å². The smallest absolute Gasteiger partial charge is 0.260 e. The van der Waals surface area contributed by atoms with Gasteiger partial charge in [0, 0.05) is 26.2 Å². The number of nitrogens with zero attached hydrogens (tertiary/aromatic N) is 2. The average molecular weight is 305 g/mol. The van der Waals surface area contributed by atoms with Crippen molar-refractivity contribution >= 4 is 11.8 Å². The van der Waals surface area contributed by atoms with E-state index < -0.39 is 0 Å². The second-order valence-corrected chi connectivity index (χ2v) is 5.60. The van der Waals surface area contributed by atoms with E-state index in [4.69, 9.17) is 10.5 Å². The molecular formula is C16H23N3O3. The van der Waals surface area contributed by atoms with Gasteiger partial charge in [0.15, 0.2) is 6.61 Å². The summed E-state index contributed by atoms with van der Waals surface area (Å²) >= 11 is 0. The lowest BCUT2D eigenvalue weighted by atomic mass is 10.2. The number of rotatable bonds is 5. The molecule has 2 N–H and O–H groups in total. The van der Waals surface area contributed by atoms with Crippen molar-refractivity contribution in [3.8, 4) is 5.75 Å². The molecule has 1 atom stereocenters. The first kappa shape index (κ1) is 16.3. The lowest BCUT2D eigenvalue weighted by molar-refractivity contribution is -0.135. The molecule has 22 heavy (non-hydrogen) atoms. The van der Waals surface area contributed by atoms with Gasteiger partial charge in [0.1, 0.15) is 5.75 Å². The first-order chi connectivity index (χ1) is 10.5. The van der Waals surface area contributed by atoms with E-state index in [1.54, 1.807) is 11.8 Å².